The van der Waals surface area contributed by atoms with E-state index in [0.29, 0.717) is 41.6 Å². The van der Waals surface area contributed by atoms with Crippen molar-refractivity contribution in [2.45, 2.75) is 172 Å². The Morgan fingerprint density at radius 1 is 1.03 bits per heavy atom. The van der Waals surface area contributed by atoms with Crippen molar-refractivity contribution in [2.75, 3.05) is 32.8 Å². The number of unbranched alkanes of at least 4 members (excludes halogenated alkanes) is 1. The summed E-state index contributed by atoms with van der Waals surface area (Å²) >= 11 is 3.78. The number of rotatable bonds is 16. The lowest BCUT2D eigenvalue weighted by Gasteiger charge is -2.32. The molecule has 8 atom stereocenters. The molecule has 2 saturated carbocycles. The molecule has 3 amide bonds. The van der Waals surface area contributed by atoms with Crippen LogP contribution in [0.15, 0.2) is 52.9 Å². The fourth-order valence-corrected chi connectivity index (χ4v) is 11.1. The summed E-state index contributed by atoms with van der Waals surface area (Å²) < 4.78 is 31.9. The van der Waals surface area contributed by atoms with Crippen LogP contribution in [-0.4, -0.2) is 125 Å². The van der Waals surface area contributed by atoms with Crippen LogP contribution in [0.1, 0.15) is 131 Å². The Kier molecular flexibility index (Phi) is 16.4. The summed E-state index contributed by atoms with van der Waals surface area (Å²) in [5, 5.41) is 17.1. The number of likely N-dealkylation sites (tertiary alicyclic amines) is 1. The van der Waals surface area contributed by atoms with Crippen molar-refractivity contribution < 1.29 is 47.8 Å². The molecule has 1 unspecified atom stereocenters. The standard InChI is InChI=1S/C52H73BBrN5O10/c1-6-36-41(66-46-42(54)44(37-23-15-16-24-38(37)55-46)65-30-20-29-58-27-18-11-19-28-58)33-59-43(36)45(60)57-52(48(62)63)32-35(52)22-13-8-7-9-14-25-39(47(59)61)56-49(64)67-40-31-34(40)21-12-10-17-26-53-68-50(2,3)51(4,5)69-53/h13,15-17,22-24,26,34-36,39-41,43H,6-12,14,18-21,25,27-33H2,1-5H3,(H,56,64)(H,57,60)(H,62,63)/t34-,35-,36?,39+,40-,41+,43+,52-/m1/s1. The number of allylic oxidation sites excluding steroid dienone is 2. The molecule has 17 heteroatoms. The van der Waals surface area contributed by atoms with E-state index >= 15 is 4.79 Å². The maximum Gasteiger partial charge on any atom is 0.486 e. The van der Waals surface area contributed by atoms with E-state index in [2.05, 4.69) is 37.5 Å². The molecule has 2 aliphatic carbocycles. The van der Waals surface area contributed by atoms with Crippen LogP contribution < -0.4 is 20.1 Å². The van der Waals surface area contributed by atoms with Crippen LogP contribution >= 0.6 is 15.9 Å². The van der Waals surface area contributed by atoms with E-state index in [1.807, 2.05) is 77.0 Å². The number of carbonyl (C=O) groups is 4. The van der Waals surface area contributed by atoms with Crippen LogP contribution in [0, 0.1) is 17.8 Å². The van der Waals surface area contributed by atoms with Crippen molar-refractivity contribution in [1.29, 1.82) is 0 Å². The smallest absolute Gasteiger partial charge is 0.486 e. The number of nitrogens with one attached hydrogen (secondary N) is 2. The van der Waals surface area contributed by atoms with Gasteiger partial charge in [0.15, 0.2) is 0 Å². The molecule has 6 aliphatic rings. The largest absolute Gasteiger partial charge is 0.491 e. The predicted molar refractivity (Wildman–Crippen MR) is 267 cm³/mol. The number of amides is 3. The number of para-hydroxylation sites is 1. The minimum absolute atomic E-state index is 0.00664. The number of hydrogen-bond acceptors (Lipinski definition) is 11. The fourth-order valence-electron chi connectivity index (χ4n) is 10.6. The first-order valence-electron chi connectivity index (χ1n) is 25.7. The van der Waals surface area contributed by atoms with Crippen LogP contribution in [0.5, 0.6) is 11.6 Å². The average Bonchev–Trinajstić information content (AvgIpc) is 4.17. The normalized spacial score (nSPS) is 30.3. The van der Waals surface area contributed by atoms with Gasteiger partial charge in [-0.2, -0.15) is 0 Å². The third-order valence-corrected chi connectivity index (χ3v) is 16.3. The van der Waals surface area contributed by atoms with Crippen molar-refractivity contribution in [3.05, 3.63) is 52.9 Å². The number of alkyl carbamates (subject to hydrolysis) is 1. The molecular weight excluding hydrogens is 945 g/mol. The summed E-state index contributed by atoms with van der Waals surface area (Å²) in [6, 6.07) is 5.63. The van der Waals surface area contributed by atoms with E-state index in [1.165, 1.54) is 24.2 Å². The minimum Gasteiger partial charge on any atom is -0.491 e. The summed E-state index contributed by atoms with van der Waals surface area (Å²) in [5.41, 5.74) is -1.59. The number of hydrogen-bond donors (Lipinski definition) is 3. The highest BCUT2D eigenvalue weighted by atomic mass is 79.9. The summed E-state index contributed by atoms with van der Waals surface area (Å²) in [5.74, 6) is 0.0360. The molecule has 15 nitrogen and oxygen atoms in total. The van der Waals surface area contributed by atoms with Crippen molar-refractivity contribution in [3.8, 4) is 11.6 Å². The lowest BCUT2D eigenvalue weighted by atomic mass is 9.89. The molecule has 2 aromatic rings. The number of carboxylic acids is 1. The SMILES string of the molecule is CCC1[C@@H](Oc2nc3ccccc3c(OCCCN3CCCCC3)c2Br)CN2C(=O)[C@@H](NC(=O)O[C@@H]3C[C@H]3CCCC=CB3OC(C)(C)C(C)(C)O3)CCCCCC=C[C@@H]3C[C@@]3(C(=O)O)NC(=O)[C@H]12. The highest BCUT2D eigenvalue weighted by Gasteiger charge is 2.62. The second kappa shape index (κ2) is 22.1. The van der Waals surface area contributed by atoms with E-state index < -0.39 is 53.5 Å². The number of fused-ring (bicyclic) bond motifs is 3. The van der Waals surface area contributed by atoms with Crippen molar-refractivity contribution in [2.24, 2.45) is 17.8 Å². The monoisotopic (exact) mass is 1020 g/mol. The molecule has 0 bridgehead atoms. The number of carbonyl (C=O) groups excluding carboxylic acids is 3. The quantitative estimate of drug-likeness (QED) is 0.0831. The number of piperidine rings is 1. The van der Waals surface area contributed by atoms with Gasteiger partial charge in [0.05, 0.1) is 29.9 Å². The van der Waals surface area contributed by atoms with Crippen molar-refractivity contribution in [1.82, 2.24) is 25.4 Å². The average molecular weight is 1020 g/mol. The number of benzene rings is 1. The third kappa shape index (κ3) is 12.0. The molecule has 4 aliphatic heterocycles. The first kappa shape index (κ1) is 51.2. The lowest BCUT2D eigenvalue weighted by molar-refractivity contribution is -0.146. The zero-order valence-corrected chi connectivity index (χ0v) is 42.8. The van der Waals surface area contributed by atoms with Gasteiger partial charge in [-0.15, -0.1) is 0 Å². The van der Waals surface area contributed by atoms with Crippen LogP contribution in [0.25, 0.3) is 10.9 Å². The molecular formula is C52H73BBrN5O10. The van der Waals surface area contributed by atoms with Crippen molar-refractivity contribution in [3.63, 3.8) is 0 Å². The maximum absolute atomic E-state index is 15.0. The molecule has 0 spiro atoms. The van der Waals surface area contributed by atoms with Gasteiger partial charge in [0.25, 0.3) is 0 Å². The Morgan fingerprint density at radius 2 is 1.78 bits per heavy atom. The second-order valence-electron chi connectivity index (χ2n) is 21.1. The number of halogens is 1. The van der Waals surface area contributed by atoms with Crippen LogP contribution in [0.4, 0.5) is 4.79 Å². The van der Waals surface area contributed by atoms with Crippen LogP contribution in [0.2, 0.25) is 0 Å². The Bertz CT molecular complexity index is 2220. The molecule has 1 aromatic carbocycles. The minimum atomic E-state index is -1.48. The topological polar surface area (TPSA) is 178 Å². The van der Waals surface area contributed by atoms with Crippen LogP contribution in [0.3, 0.4) is 0 Å². The number of aromatic nitrogens is 1. The fraction of sp³-hybridized carbons (Fsp3) is 0.673. The lowest BCUT2D eigenvalue weighted by Crippen LogP contribution is -2.57. The van der Waals surface area contributed by atoms with E-state index in [1.54, 1.807) is 0 Å². The molecule has 376 valence electrons. The molecule has 0 radical (unpaired) electrons. The van der Waals surface area contributed by atoms with Gasteiger partial charge in [0.1, 0.15) is 40.1 Å². The van der Waals surface area contributed by atoms with Gasteiger partial charge >= 0.3 is 19.2 Å². The maximum atomic E-state index is 15.0. The summed E-state index contributed by atoms with van der Waals surface area (Å²) in [6.45, 7) is 13.7. The number of nitrogens with zero attached hydrogens (tertiary/aromatic N) is 3. The third-order valence-electron chi connectivity index (χ3n) is 15.6. The summed E-state index contributed by atoms with van der Waals surface area (Å²) in [4.78, 5) is 65.1. The molecule has 1 aromatic heterocycles. The van der Waals surface area contributed by atoms with Gasteiger partial charge in [-0.1, -0.05) is 62.5 Å². The van der Waals surface area contributed by atoms with Gasteiger partial charge in [-0.3, -0.25) is 9.59 Å². The van der Waals surface area contributed by atoms with Gasteiger partial charge in [0.2, 0.25) is 17.7 Å². The molecule has 8 rings (SSSR count). The molecule has 5 heterocycles. The number of aliphatic carboxylic acids is 1. The van der Waals surface area contributed by atoms with Gasteiger partial charge in [-0.25, -0.2) is 14.6 Å². The Labute approximate surface area is 416 Å². The van der Waals surface area contributed by atoms with Crippen LogP contribution in [-0.2, 0) is 28.4 Å². The van der Waals surface area contributed by atoms with Gasteiger partial charge in [-0.05, 0) is 152 Å². The highest BCUT2D eigenvalue weighted by molar-refractivity contribution is 9.10. The Morgan fingerprint density at radius 3 is 2.54 bits per heavy atom. The van der Waals surface area contributed by atoms with E-state index in [-0.39, 0.29) is 55.1 Å². The molecule has 3 N–H and O–H groups in total. The Hall–Kier alpha value is -4.19. The van der Waals surface area contributed by atoms with Gasteiger partial charge in [0, 0.05) is 23.8 Å². The van der Waals surface area contributed by atoms with E-state index in [0.717, 1.165) is 76.4 Å². The molecule has 5 fully saturated rings. The molecule has 3 saturated heterocycles. The summed E-state index contributed by atoms with van der Waals surface area (Å²) in [7, 11) is -0.381. The first-order chi connectivity index (χ1) is 33.1. The highest BCUT2D eigenvalue weighted by Crippen LogP contribution is 2.47. The number of carboxylic acid groups (broad SMARTS) is 1. The predicted octanol–water partition coefficient (Wildman–Crippen LogP) is 8.56. The zero-order valence-electron chi connectivity index (χ0n) is 41.2. The van der Waals surface area contributed by atoms with Crippen molar-refractivity contribution >= 4 is 57.8 Å². The van der Waals surface area contributed by atoms with Gasteiger partial charge < -0.3 is 49.1 Å². The number of ether oxygens (including phenoxy) is 3. The second-order valence-corrected chi connectivity index (χ2v) is 21.9. The first-order valence-corrected chi connectivity index (χ1v) is 26.5. The van der Waals surface area contributed by atoms with E-state index in [4.69, 9.17) is 28.5 Å². The summed E-state index contributed by atoms with van der Waals surface area (Å²) in [6.07, 6.45) is 16.4. The zero-order chi connectivity index (χ0) is 48.9. The molecule has 69 heavy (non-hydrogen) atoms. The number of pyridine rings is 1. The Balaban J connectivity index is 0.967. The van der Waals surface area contributed by atoms with E-state index in [9.17, 15) is 19.5 Å².